The highest BCUT2D eigenvalue weighted by molar-refractivity contribution is 7.98. The Bertz CT molecular complexity index is 1340. The number of carbonyl (C=O) groups excluding carboxylic acids is 1. The lowest BCUT2D eigenvalue weighted by Gasteiger charge is -2.29. The molecule has 1 aliphatic rings. The van der Waals surface area contributed by atoms with E-state index in [9.17, 15) is 13.2 Å². The maximum absolute atomic E-state index is 13.0. The van der Waals surface area contributed by atoms with E-state index in [2.05, 4.69) is 9.56 Å². The summed E-state index contributed by atoms with van der Waals surface area (Å²) in [5.74, 6) is 1.00. The van der Waals surface area contributed by atoms with Gasteiger partial charge in [-0.05, 0) is 61.6 Å². The highest BCUT2D eigenvalue weighted by Crippen LogP contribution is 2.26. The number of nitrogens with zero attached hydrogens (tertiary/aromatic N) is 3. The van der Waals surface area contributed by atoms with Gasteiger partial charge in [-0.1, -0.05) is 22.9 Å². The Morgan fingerprint density at radius 2 is 1.91 bits per heavy atom. The lowest BCUT2D eigenvalue weighted by atomic mass is 9.98. The minimum atomic E-state index is -3.61. The fraction of sp³-hybridized carbons (Fsp3) is 0.391. The van der Waals surface area contributed by atoms with Crippen LogP contribution < -0.4 is 9.54 Å². The average Bonchev–Trinajstić information content (AvgIpc) is 3.18. The van der Waals surface area contributed by atoms with Gasteiger partial charge in [0.15, 0.2) is 4.80 Å². The largest absolute Gasteiger partial charge is 0.497 e. The van der Waals surface area contributed by atoms with Crippen LogP contribution in [0.5, 0.6) is 5.75 Å². The number of piperidine rings is 1. The molecule has 182 valence electrons. The number of halogens is 1. The van der Waals surface area contributed by atoms with Crippen LogP contribution in [0.2, 0.25) is 5.02 Å². The van der Waals surface area contributed by atoms with E-state index < -0.39 is 10.0 Å². The first-order valence-corrected chi connectivity index (χ1v) is 14.9. The number of carbonyl (C=O) groups is 1. The molecule has 0 radical (unpaired) electrons. The SMILES string of the molecule is COc1ccc(S(=O)(=O)N2CCC(C(=O)N=c3sc4cc(Cl)ccc4n3CCSC)CC2)cc1. The summed E-state index contributed by atoms with van der Waals surface area (Å²) in [7, 11) is -2.08. The molecular formula is C23H26ClN3O4S3. The van der Waals surface area contributed by atoms with E-state index in [0.717, 1.165) is 22.5 Å². The predicted octanol–water partition coefficient (Wildman–Crippen LogP) is 4.26. The Morgan fingerprint density at radius 1 is 1.21 bits per heavy atom. The molecule has 4 rings (SSSR count). The monoisotopic (exact) mass is 539 g/mol. The number of methoxy groups -OCH3 is 1. The first-order chi connectivity index (χ1) is 16.3. The van der Waals surface area contributed by atoms with Crippen LogP contribution in [0.15, 0.2) is 52.4 Å². The number of thioether (sulfide) groups is 1. The maximum Gasteiger partial charge on any atom is 0.251 e. The molecule has 1 aromatic heterocycles. The van der Waals surface area contributed by atoms with E-state index in [1.165, 1.54) is 22.8 Å². The molecule has 34 heavy (non-hydrogen) atoms. The standard InChI is InChI=1S/C23H26ClN3O4S3/c1-31-18-4-6-19(7-5-18)34(29,30)26-11-9-16(10-12-26)22(28)25-23-27(13-14-32-2)20-8-3-17(24)15-21(20)33-23/h3-8,15-16H,9-14H2,1-2H3. The molecule has 1 saturated heterocycles. The molecule has 2 heterocycles. The third kappa shape index (κ3) is 5.36. The van der Waals surface area contributed by atoms with Gasteiger partial charge in [-0.3, -0.25) is 4.79 Å². The molecule has 0 aliphatic carbocycles. The minimum Gasteiger partial charge on any atom is -0.497 e. The molecule has 7 nitrogen and oxygen atoms in total. The Balaban J connectivity index is 1.51. The number of benzene rings is 2. The molecule has 11 heteroatoms. The number of thiazole rings is 1. The van der Waals surface area contributed by atoms with Gasteiger partial charge in [0, 0.05) is 36.3 Å². The molecule has 2 aromatic carbocycles. The van der Waals surface area contributed by atoms with Crippen molar-refractivity contribution in [3.05, 3.63) is 52.3 Å². The van der Waals surface area contributed by atoms with Crippen LogP contribution in [-0.4, -0.2) is 55.4 Å². The lowest BCUT2D eigenvalue weighted by molar-refractivity contribution is -0.122. The lowest BCUT2D eigenvalue weighted by Crippen LogP contribution is -2.40. The first kappa shape index (κ1) is 25.2. The van der Waals surface area contributed by atoms with Crippen molar-refractivity contribution in [3.8, 4) is 5.75 Å². The van der Waals surface area contributed by atoms with Crippen LogP contribution in [0.4, 0.5) is 0 Å². The summed E-state index contributed by atoms with van der Waals surface area (Å²) >= 11 is 9.34. The molecule has 0 bridgehead atoms. The average molecular weight is 540 g/mol. The van der Waals surface area contributed by atoms with Crippen molar-refractivity contribution in [2.45, 2.75) is 24.3 Å². The molecule has 1 fully saturated rings. The Morgan fingerprint density at radius 3 is 2.56 bits per heavy atom. The van der Waals surface area contributed by atoms with Crippen molar-refractivity contribution in [3.63, 3.8) is 0 Å². The quantitative estimate of drug-likeness (QED) is 0.448. The van der Waals surface area contributed by atoms with E-state index in [1.807, 2.05) is 24.5 Å². The van der Waals surface area contributed by atoms with Crippen LogP contribution >= 0.6 is 34.7 Å². The van der Waals surface area contributed by atoms with Gasteiger partial charge < -0.3 is 9.30 Å². The first-order valence-electron chi connectivity index (χ1n) is 10.8. The summed E-state index contributed by atoms with van der Waals surface area (Å²) in [6.45, 7) is 1.32. The molecule has 1 aliphatic heterocycles. The van der Waals surface area contributed by atoms with Crippen molar-refractivity contribution in [2.75, 3.05) is 32.2 Å². The number of aromatic nitrogens is 1. The zero-order valence-corrected chi connectivity index (χ0v) is 22.1. The molecule has 0 atom stereocenters. The topological polar surface area (TPSA) is 81.0 Å². The molecule has 1 amide bonds. The second kappa shape index (κ2) is 10.8. The molecule has 0 spiro atoms. The van der Waals surface area contributed by atoms with Gasteiger partial charge in [-0.2, -0.15) is 21.1 Å². The molecule has 3 aromatic rings. The van der Waals surface area contributed by atoms with Gasteiger partial charge in [-0.25, -0.2) is 8.42 Å². The van der Waals surface area contributed by atoms with Crippen LogP contribution in [0, 0.1) is 5.92 Å². The zero-order valence-electron chi connectivity index (χ0n) is 18.9. The normalized spacial score (nSPS) is 16.3. The second-order valence-corrected chi connectivity index (χ2v) is 12.3. The number of hydrogen-bond acceptors (Lipinski definition) is 6. The van der Waals surface area contributed by atoms with E-state index in [0.29, 0.717) is 28.4 Å². The van der Waals surface area contributed by atoms with Gasteiger partial charge in [0.25, 0.3) is 5.91 Å². The maximum atomic E-state index is 13.0. The third-order valence-corrected chi connectivity index (χ3v) is 9.65. The third-order valence-electron chi connectivity index (χ3n) is 5.87. The van der Waals surface area contributed by atoms with Crippen molar-refractivity contribution >= 4 is 60.8 Å². The number of rotatable bonds is 7. The number of amides is 1. The second-order valence-electron chi connectivity index (χ2n) is 7.95. The van der Waals surface area contributed by atoms with Crippen LogP contribution in [0.25, 0.3) is 10.2 Å². The fourth-order valence-corrected chi connectivity index (χ4v) is 7.13. The summed E-state index contributed by atoms with van der Waals surface area (Å²) in [5.41, 5.74) is 1.01. The van der Waals surface area contributed by atoms with Crippen molar-refractivity contribution in [1.29, 1.82) is 0 Å². The van der Waals surface area contributed by atoms with Gasteiger partial charge >= 0.3 is 0 Å². The number of aryl methyl sites for hydroxylation is 1. The van der Waals surface area contributed by atoms with Crippen molar-refractivity contribution in [1.82, 2.24) is 8.87 Å². The summed E-state index contributed by atoms with van der Waals surface area (Å²) in [6, 6.07) is 12.0. The molecular weight excluding hydrogens is 514 g/mol. The Hall–Kier alpha value is -1.85. The summed E-state index contributed by atoms with van der Waals surface area (Å²) in [4.78, 5) is 18.4. The van der Waals surface area contributed by atoms with Crippen molar-refractivity contribution in [2.24, 2.45) is 10.9 Å². The van der Waals surface area contributed by atoms with E-state index in [1.54, 1.807) is 36.0 Å². The Labute approximate surface area is 212 Å². The zero-order chi connectivity index (χ0) is 24.3. The molecule has 0 saturated carbocycles. The minimum absolute atomic E-state index is 0.197. The summed E-state index contributed by atoms with van der Waals surface area (Å²) in [5, 5.41) is 0.647. The Kier molecular flexibility index (Phi) is 8.04. The van der Waals surface area contributed by atoms with Crippen molar-refractivity contribution < 1.29 is 17.9 Å². The summed E-state index contributed by atoms with van der Waals surface area (Å²) in [6.07, 6.45) is 2.93. The van der Waals surface area contributed by atoms with Crippen LogP contribution in [0.1, 0.15) is 12.8 Å². The number of sulfonamides is 1. The van der Waals surface area contributed by atoms with Crippen LogP contribution in [-0.2, 0) is 21.4 Å². The van der Waals surface area contributed by atoms with Gasteiger partial charge in [-0.15, -0.1) is 0 Å². The molecule has 0 N–H and O–H groups in total. The van der Waals surface area contributed by atoms with E-state index >= 15 is 0 Å². The smallest absolute Gasteiger partial charge is 0.251 e. The fourth-order valence-electron chi connectivity index (χ4n) is 3.96. The summed E-state index contributed by atoms with van der Waals surface area (Å²) < 4.78 is 35.6. The highest BCUT2D eigenvalue weighted by atomic mass is 35.5. The van der Waals surface area contributed by atoms with Gasteiger partial charge in [0.2, 0.25) is 10.0 Å². The number of fused-ring (bicyclic) bond motifs is 1. The van der Waals surface area contributed by atoms with E-state index in [4.69, 9.17) is 16.3 Å². The number of ether oxygens (including phenoxy) is 1. The predicted molar refractivity (Wildman–Crippen MR) is 138 cm³/mol. The van der Waals surface area contributed by atoms with E-state index in [-0.39, 0.29) is 29.8 Å². The van der Waals surface area contributed by atoms with Gasteiger partial charge in [0.05, 0.1) is 22.2 Å². The highest BCUT2D eigenvalue weighted by Gasteiger charge is 2.32. The van der Waals surface area contributed by atoms with Gasteiger partial charge in [0.1, 0.15) is 5.75 Å². The van der Waals surface area contributed by atoms with Crippen LogP contribution in [0.3, 0.4) is 0 Å². The number of hydrogen-bond donors (Lipinski definition) is 0. The molecule has 0 unspecified atom stereocenters.